The van der Waals surface area contributed by atoms with Gasteiger partial charge in [0.25, 0.3) is 0 Å². The van der Waals surface area contributed by atoms with Crippen LogP contribution in [0, 0.1) is 12.8 Å². The lowest BCUT2D eigenvalue weighted by molar-refractivity contribution is 0.495. The molecule has 0 aliphatic heterocycles. The van der Waals surface area contributed by atoms with E-state index in [-0.39, 0.29) is 0 Å². The van der Waals surface area contributed by atoms with Crippen molar-refractivity contribution >= 4 is 10.0 Å². The molecule has 0 radical (unpaired) electrons. The van der Waals surface area contributed by atoms with E-state index in [2.05, 4.69) is 20.2 Å². The summed E-state index contributed by atoms with van der Waals surface area (Å²) in [6.45, 7) is 2.68. The largest absolute Gasteiger partial charge is 0.314 e. The third-order valence-electron chi connectivity index (χ3n) is 3.89. The molecule has 3 N–H and O–H groups in total. The third kappa shape index (κ3) is 3.59. The minimum Gasteiger partial charge on any atom is -0.314 e. The van der Waals surface area contributed by atoms with E-state index >= 15 is 0 Å². The van der Waals surface area contributed by atoms with Crippen LogP contribution in [0.15, 0.2) is 4.90 Å². The number of H-pyrrole nitrogens is 1. The normalized spacial score (nSPS) is 16.9. The van der Waals surface area contributed by atoms with Gasteiger partial charge in [0, 0.05) is 13.1 Å². The van der Waals surface area contributed by atoms with Crippen LogP contribution in [-0.4, -0.2) is 32.2 Å². The molecule has 0 bridgehead atoms. The van der Waals surface area contributed by atoms with Crippen LogP contribution in [-0.2, 0) is 16.6 Å². The number of rotatable bonds is 7. The van der Waals surface area contributed by atoms with Crippen LogP contribution in [0.2, 0.25) is 0 Å². The second-order valence-corrected chi connectivity index (χ2v) is 7.20. The smallest absolute Gasteiger partial charge is 0.244 e. The SMILES string of the molecule is CNCc1n[nH]c(C)c1S(=O)(=O)NCCC1CCCC1. The molecule has 20 heavy (non-hydrogen) atoms. The molecule has 2 rings (SSSR count). The first-order valence-corrected chi connectivity index (χ1v) is 8.71. The first-order valence-electron chi connectivity index (χ1n) is 7.22. The van der Waals surface area contributed by atoms with E-state index in [1.165, 1.54) is 25.7 Å². The van der Waals surface area contributed by atoms with Gasteiger partial charge in [0.15, 0.2) is 0 Å². The van der Waals surface area contributed by atoms with Gasteiger partial charge in [-0.05, 0) is 26.3 Å². The molecule has 7 heteroatoms. The van der Waals surface area contributed by atoms with E-state index in [4.69, 9.17) is 0 Å². The molecule has 1 aromatic heterocycles. The predicted octanol–water partition coefficient (Wildman–Crippen LogP) is 1.30. The molecule has 0 saturated heterocycles. The number of nitrogens with zero attached hydrogens (tertiary/aromatic N) is 1. The highest BCUT2D eigenvalue weighted by molar-refractivity contribution is 7.89. The molecule has 1 aromatic rings. The molecule has 0 unspecified atom stereocenters. The monoisotopic (exact) mass is 300 g/mol. The van der Waals surface area contributed by atoms with Gasteiger partial charge in [-0.1, -0.05) is 25.7 Å². The molecule has 0 spiro atoms. The molecule has 1 saturated carbocycles. The lowest BCUT2D eigenvalue weighted by Crippen LogP contribution is -2.27. The first-order chi connectivity index (χ1) is 9.54. The Hall–Kier alpha value is -0.920. The summed E-state index contributed by atoms with van der Waals surface area (Å²) in [6.07, 6.45) is 5.96. The van der Waals surface area contributed by atoms with Crippen molar-refractivity contribution in [2.75, 3.05) is 13.6 Å². The molecule has 1 heterocycles. The van der Waals surface area contributed by atoms with E-state index in [0.717, 1.165) is 6.42 Å². The van der Waals surface area contributed by atoms with Gasteiger partial charge in [0.2, 0.25) is 10.0 Å². The van der Waals surface area contributed by atoms with Crippen molar-refractivity contribution in [1.29, 1.82) is 0 Å². The molecule has 0 aromatic carbocycles. The van der Waals surface area contributed by atoms with E-state index in [1.807, 2.05) is 0 Å². The highest BCUT2D eigenvalue weighted by Gasteiger charge is 2.24. The molecule has 1 aliphatic carbocycles. The first kappa shape index (κ1) is 15.5. The summed E-state index contributed by atoms with van der Waals surface area (Å²) in [4.78, 5) is 0.290. The summed E-state index contributed by atoms with van der Waals surface area (Å²) < 4.78 is 27.5. The molecule has 0 atom stereocenters. The predicted molar refractivity (Wildman–Crippen MR) is 77.9 cm³/mol. The van der Waals surface area contributed by atoms with Crippen LogP contribution >= 0.6 is 0 Å². The van der Waals surface area contributed by atoms with Gasteiger partial charge < -0.3 is 5.32 Å². The van der Waals surface area contributed by atoms with Gasteiger partial charge in [-0.25, -0.2) is 13.1 Å². The molecular formula is C13H24N4O2S. The molecular weight excluding hydrogens is 276 g/mol. The Morgan fingerprint density at radius 3 is 2.70 bits per heavy atom. The highest BCUT2D eigenvalue weighted by Crippen LogP contribution is 2.27. The number of nitrogens with one attached hydrogen (secondary N) is 3. The fourth-order valence-corrected chi connectivity index (χ4v) is 4.29. The van der Waals surface area contributed by atoms with Crippen molar-refractivity contribution in [3.8, 4) is 0 Å². The third-order valence-corrected chi connectivity index (χ3v) is 5.56. The second kappa shape index (κ2) is 6.69. The average Bonchev–Trinajstić information content (AvgIpc) is 3.00. The number of sulfonamides is 1. The minimum absolute atomic E-state index is 0.290. The van der Waals surface area contributed by atoms with Crippen LogP contribution in [0.4, 0.5) is 0 Å². The highest BCUT2D eigenvalue weighted by atomic mass is 32.2. The maximum Gasteiger partial charge on any atom is 0.244 e. The van der Waals surface area contributed by atoms with Gasteiger partial charge in [-0.2, -0.15) is 5.10 Å². The van der Waals surface area contributed by atoms with Crippen LogP contribution in [0.3, 0.4) is 0 Å². The van der Waals surface area contributed by atoms with Crippen LogP contribution < -0.4 is 10.0 Å². The van der Waals surface area contributed by atoms with Crippen molar-refractivity contribution < 1.29 is 8.42 Å². The van der Waals surface area contributed by atoms with Gasteiger partial charge in [-0.3, -0.25) is 5.10 Å². The van der Waals surface area contributed by atoms with Crippen molar-refractivity contribution in [3.63, 3.8) is 0 Å². The Kier molecular flexibility index (Phi) is 5.17. The minimum atomic E-state index is -3.48. The van der Waals surface area contributed by atoms with Crippen molar-refractivity contribution in [2.45, 2.75) is 50.5 Å². The number of hydrogen-bond donors (Lipinski definition) is 3. The van der Waals surface area contributed by atoms with Gasteiger partial charge >= 0.3 is 0 Å². The Bertz CT molecular complexity index is 533. The summed E-state index contributed by atoms with van der Waals surface area (Å²) in [5.74, 6) is 0.680. The van der Waals surface area contributed by atoms with E-state index in [0.29, 0.717) is 35.3 Å². The van der Waals surface area contributed by atoms with E-state index < -0.39 is 10.0 Å². The molecule has 1 fully saturated rings. The van der Waals surface area contributed by atoms with Crippen LogP contribution in [0.5, 0.6) is 0 Å². The number of aromatic nitrogens is 2. The Balaban J connectivity index is 2.00. The van der Waals surface area contributed by atoms with Crippen LogP contribution in [0.1, 0.15) is 43.5 Å². The Labute approximate surface area is 120 Å². The fraction of sp³-hybridized carbons (Fsp3) is 0.769. The van der Waals surface area contributed by atoms with E-state index in [1.54, 1.807) is 14.0 Å². The van der Waals surface area contributed by atoms with Crippen molar-refractivity contribution in [2.24, 2.45) is 5.92 Å². The summed E-state index contributed by atoms with van der Waals surface area (Å²) in [7, 11) is -1.70. The molecule has 114 valence electrons. The zero-order valence-corrected chi connectivity index (χ0v) is 13.0. The quantitative estimate of drug-likeness (QED) is 0.708. The zero-order valence-electron chi connectivity index (χ0n) is 12.2. The maximum absolute atomic E-state index is 12.4. The molecule has 6 nitrogen and oxygen atoms in total. The summed E-state index contributed by atoms with van der Waals surface area (Å²) in [5, 5.41) is 9.74. The van der Waals surface area contributed by atoms with Gasteiger partial charge in [-0.15, -0.1) is 0 Å². The summed E-state index contributed by atoms with van der Waals surface area (Å²) in [6, 6.07) is 0. The zero-order chi connectivity index (χ0) is 14.6. The average molecular weight is 300 g/mol. The van der Waals surface area contributed by atoms with E-state index in [9.17, 15) is 8.42 Å². The molecule has 0 amide bonds. The number of aryl methyl sites for hydroxylation is 1. The number of hydrogen-bond acceptors (Lipinski definition) is 4. The van der Waals surface area contributed by atoms with Gasteiger partial charge in [0.1, 0.15) is 4.90 Å². The van der Waals surface area contributed by atoms with Crippen molar-refractivity contribution in [3.05, 3.63) is 11.4 Å². The standard InChI is InChI=1S/C13H24N4O2S/c1-10-13(12(9-14-2)17-16-10)20(18,19)15-8-7-11-5-3-4-6-11/h11,14-15H,3-9H2,1-2H3,(H,16,17). The Morgan fingerprint density at radius 2 is 2.05 bits per heavy atom. The van der Waals surface area contributed by atoms with Gasteiger partial charge in [0.05, 0.1) is 11.4 Å². The van der Waals surface area contributed by atoms with Crippen LogP contribution in [0.25, 0.3) is 0 Å². The second-order valence-electron chi connectivity index (χ2n) is 5.49. The number of aromatic amines is 1. The maximum atomic E-state index is 12.4. The lowest BCUT2D eigenvalue weighted by Gasteiger charge is -2.11. The lowest BCUT2D eigenvalue weighted by atomic mass is 10.1. The van der Waals surface area contributed by atoms with Crippen molar-refractivity contribution in [1.82, 2.24) is 20.2 Å². The topological polar surface area (TPSA) is 86.9 Å². The summed E-state index contributed by atoms with van der Waals surface area (Å²) >= 11 is 0. The Morgan fingerprint density at radius 1 is 1.35 bits per heavy atom. The molecule has 1 aliphatic rings. The summed E-state index contributed by atoms with van der Waals surface area (Å²) in [5.41, 5.74) is 1.13. The fourth-order valence-electron chi connectivity index (χ4n) is 2.88.